The molecule has 1 unspecified atom stereocenters. The van der Waals surface area contributed by atoms with Crippen LogP contribution in [-0.2, 0) is 11.2 Å². The van der Waals surface area contributed by atoms with Gasteiger partial charge in [-0.25, -0.2) is 4.98 Å². The van der Waals surface area contributed by atoms with Gasteiger partial charge in [-0.05, 0) is 39.2 Å². The van der Waals surface area contributed by atoms with E-state index in [9.17, 15) is 0 Å². The Morgan fingerprint density at radius 3 is 2.79 bits per heavy atom. The minimum Gasteiger partial charge on any atom is -0.381 e. The molecule has 0 saturated carbocycles. The fourth-order valence-electron chi connectivity index (χ4n) is 3.10. The standard InChI is InChI=1S/C14H23N3OS/c1-15-11-4-3-5-12-13(11)19-14(16-12)17-8-6-10(18-2)7-9-17/h10-11,15H,3-9H2,1-2H3. The van der Waals surface area contributed by atoms with Gasteiger partial charge in [0.2, 0.25) is 0 Å². The normalized spacial score (nSPS) is 24.5. The number of nitrogens with zero attached hydrogens (tertiary/aromatic N) is 2. The number of hydrogen-bond donors (Lipinski definition) is 1. The summed E-state index contributed by atoms with van der Waals surface area (Å²) in [6.07, 6.45) is 6.34. The number of ether oxygens (including phenoxy) is 1. The van der Waals surface area contributed by atoms with Crippen LogP contribution in [0.4, 0.5) is 5.13 Å². The van der Waals surface area contributed by atoms with Crippen molar-refractivity contribution in [2.45, 2.75) is 44.2 Å². The first-order valence-corrected chi connectivity index (χ1v) is 8.08. The van der Waals surface area contributed by atoms with Gasteiger partial charge >= 0.3 is 0 Å². The van der Waals surface area contributed by atoms with Crippen molar-refractivity contribution < 1.29 is 4.74 Å². The molecule has 5 heteroatoms. The van der Waals surface area contributed by atoms with E-state index < -0.39 is 0 Å². The molecule has 2 aliphatic rings. The topological polar surface area (TPSA) is 37.4 Å². The highest BCUT2D eigenvalue weighted by atomic mass is 32.1. The molecule has 1 saturated heterocycles. The van der Waals surface area contributed by atoms with E-state index in [-0.39, 0.29) is 0 Å². The number of methoxy groups -OCH3 is 1. The summed E-state index contributed by atoms with van der Waals surface area (Å²) in [5, 5.41) is 4.65. The number of aromatic nitrogens is 1. The van der Waals surface area contributed by atoms with Crippen LogP contribution in [0.5, 0.6) is 0 Å². The number of rotatable bonds is 3. The minimum absolute atomic E-state index is 0.441. The van der Waals surface area contributed by atoms with Crippen LogP contribution >= 0.6 is 11.3 Å². The Hall–Kier alpha value is -0.650. The Kier molecular flexibility index (Phi) is 4.05. The van der Waals surface area contributed by atoms with E-state index in [2.05, 4.69) is 17.3 Å². The second-order valence-electron chi connectivity index (χ2n) is 5.46. The number of aryl methyl sites for hydroxylation is 1. The summed E-state index contributed by atoms with van der Waals surface area (Å²) in [6.45, 7) is 2.16. The first kappa shape index (κ1) is 13.3. The molecule has 0 radical (unpaired) electrons. The molecule has 1 fully saturated rings. The summed E-state index contributed by atoms with van der Waals surface area (Å²) in [5.41, 5.74) is 1.33. The van der Waals surface area contributed by atoms with Gasteiger partial charge in [0.15, 0.2) is 5.13 Å². The van der Waals surface area contributed by atoms with Gasteiger partial charge in [0.25, 0.3) is 0 Å². The molecule has 0 amide bonds. The summed E-state index contributed by atoms with van der Waals surface area (Å²) in [7, 11) is 3.88. The van der Waals surface area contributed by atoms with E-state index in [1.54, 1.807) is 0 Å². The van der Waals surface area contributed by atoms with Gasteiger partial charge in [0.05, 0.1) is 11.8 Å². The fourth-order valence-corrected chi connectivity index (χ4v) is 4.41. The van der Waals surface area contributed by atoms with E-state index >= 15 is 0 Å². The highest BCUT2D eigenvalue weighted by Gasteiger charge is 2.27. The van der Waals surface area contributed by atoms with Crippen LogP contribution in [0.2, 0.25) is 0 Å². The summed E-state index contributed by atoms with van der Waals surface area (Å²) in [6, 6.07) is 0.520. The zero-order chi connectivity index (χ0) is 13.2. The summed E-state index contributed by atoms with van der Waals surface area (Å²) >= 11 is 1.89. The second kappa shape index (κ2) is 5.77. The van der Waals surface area contributed by atoms with Gasteiger partial charge in [-0.3, -0.25) is 0 Å². The lowest BCUT2D eigenvalue weighted by atomic mass is 9.98. The lowest BCUT2D eigenvalue weighted by Crippen LogP contribution is -2.36. The SMILES string of the molecule is CNC1CCCc2nc(N3CCC(OC)CC3)sc21. The lowest BCUT2D eigenvalue weighted by molar-refractivity contribution is 0.0819. The average Bonchev–Trinajstić information content (AvgIpc) is 2.91. The molecule has 1 aliphatic carbocycles. The third-order valence-electron chi connectivity index (χ3n) is 4.33. The molecule has 3 rings (SSSR count). The van der Waals surface area contributed by atoms with Crippen molar-refractivity contribution in [2.75, 3.05) is 32.1 Å². The Bertz CT molecular complexity index is 426. The number of nitrogens with one attached hydrogen (secondary N) is 1. The van der Waals surface area contributed by atoms with Crippen molar-refractivity contribution in [3.05, 3.63) is 10.6 Å². The molecule has 19 heavy (non-hydrogen) atoms. The highest BCUT2D eigenvalue weighted by molar-refractivity contribution is 7.15. The fraction of sp³-hybridized carbons (Fsp3) is 0.786. The minimum atomic E-state index is 0.441. The number of hydrogen-bond acceptors (Lipinski definition) is 5. The second-order valence-corrected chi connectivity index (χ2v) is 6.47. The Labute approximate surface area is 119 Å². The van der Waals surface area contributed by atoms with Crippen molar-refractivity contribution in [2.24, 2.45) is 0 Å². The molecule has 4 nitrogen and oxygen atoms in total. The van der Waals surface area contributed by atoms with Crippen molar-refractivity contribution in [1.29, 1.82) is 0 Å². The van der Waals surface area contributed by atoms with Gasteiger partial charge in [-0.15, -0.1) is 0 Å². The molecule has 0 aromatic carbocycles. The maximum atomic E-state index is 5.44. The first-order chi connectivity index (χ1) is 9.31. The number of thiazole rings is 1. The molecule has 1 N–H and O–H groups in total. The smallest absolute Gasteiger partial charge is 0.185 e. The van der Waals surface area contributed by atoms with E-state index in [1.807, 2.05) is 18.4 Å². The Morgan fingerprint density at radius 2 is 2.11 bits per heavy atom. The number of fused-ring (bicyclic) bond motifs is 1. The van der Waals surface area contributed by atoms with Crippen LogP contribution in [0.15, 0.2) is 0 Å². The molecule has 0 bridgehead atoms. The maximum Gasteiger partial charge on any atom is 0.185 e. The van der Waals surface area contributed by atoms with Gasteiger partial charge in [-0.2, -0.15) is 0 Å². The van der Waals surface area contributed by atoms with Crippen molar-refractivity contribution >= 4 is 16.5 Å². The highest BCUT2D eigenvalue weighted by Crippen LogP contribution is 2.38. The third-order valence-corrected chi connectivity index (χ3v) is 5.61. The molecule has 0 spiro atoms. The maximum absolute atomic E-state index is 5.44. The van der Waals surface area contributed by atoms with Gasteiger partial charge in [-0.1, -0.05) is 11.3 Å². The molecular formula is C14H23N3OS. The molecule has 1 aromatic heterocycles. The van der Waals surface area contributed by atoms with Gasteiger partial charge in [0.1, 0.15) is 0 Å². The molecule has 106 valence electrons. The van der Waals surface area contributed by atoms with Crippen LogP contribution in [0.3, 0.4) is 0 Å². The van der Waals surface area contributed by atoms with Crippen molar-refractivity contribution in [3.8, 4) is 0 Å². The summed E-state index contributed by atoms with van der Waals surface area (Å²) < 4.78 is 5.44. The Morgan fingerprint density at radius 1 is 1.32 bits per heavy atom. The third kappa shape index (κ3) is 2.64. The summed E-state index contributed by atoms with van der Waals surface area (Å²) in [4.78, 5) is 8.79. The number of piperidine rings is 1. The van der Waals surface area contributed by atoms with E-state index in [0.29, 0.717) is 12.1 Å². The van der Waals surface area contributed by atoms with Crippen LogP contribution in [0.1, 0.15) is 42.3 Å². The van der Waals surface area contributed by atoms with E-state index in [0.717, 1.165) is 32.4 Å². The molecule has 1 aliphatic heterocycles. The average molecular weight is 281 g/mol. The first-order valence-electron chi connectivity index (χ1n) is 7.26. The van der Waals surface area contributed by atoms with Crippen LogP contribution in [-0.4, -0.2) is 38.3 Å². The quantitative estimate of drug-likeness (QED) is 0.923. The molecular weight excluding hydrogens is 258 g/mol. The van der Waals surface area contributed by atoms with E-state index in [4.69, 9.17) is 9.72 Å². The summed E-state index contributed by atoms with van der Waals surface area (Å²) in [5.74, 6) is 0. The number of anilines is 1. The van der Waals surface area contributed by atoms with Gasteiger partial charge in [0, 0.05) is 31.1 Å². The zero-order valence-corrected chi connectivity index (χ0v) is 12.6. The van der Waals surface area contributed by atoms with Crippen molar-refractivity contribution in [3.63, 3.8) is 0 Å². The van der Waals surface area contributed by atoms with Crippen molar-refractivity contribution in [1.82, 2.24) is 10.3 Å². The molecule has 1 aromatic rings. The Balaban J connectivity index is 1.74. The van der Waals surface area contributed by atoms with Gasteiger partial charge < -0.3 is 15.0 Å². The van der Waals surface area contributed by atoms with Crippen LogP contribution in [0.25, 0.3) is 0 Å². The van der Waals surface area contributed by atoms with Crippen LogP contribution in [0, 0.1) is 0 Å². The molecule has 1 atom stereocenters. The lowest BCUT2D eigenvalue weighted by Gasteiger charge is -2.30. The predicted molar refractivity (Wildman–Crippen MR) is 79.1 cm³/mol. The zero-order valence-electron chi connectivity index (χ0n) is 11.8. The predicted octanol–water partition coefficient (Wildman–Crippen LogP) is 2.36. The monoisotopic (exact) mass is 281 g/mol. The molecule has 2 heterocycles. The van der Waals surface area contributed by atoms with E-state index in [1.165, 1.54) is 28.5 Å². The largest absolute Gasteiger partial charge is 0.381 e. The van der Waals surface area contributed by atoms with Crippen LogP contribution < -0.4 is 10.2 Å².